The standard InChI is InChI=1S/C50H102NO7P/c1-6-8-10-12-14-16-18-20-21-22-23-24-25-26-27-28-29-30-31-32-34-36-38-40-42-45-55-47-49(48-57-59(53,54)56-46-44-51(3,4)5)58-50(52)43-41-39-37-35-33-19-17-15-13-11-9-7-2/h49H,6-48H2,1-5H3. The monoisotopic (exact) mass is 860 g/mol. The van der Waals surface area contributed by atoms with Gasteiger partial charge in [0.15, 0.2) is 0 Å². The molecule has 0 N–H and O–H groups in total. The summed E-state index contributed by atoms with van der Waals surface area (Å²) >= 11 is 0. The van der Waals surface area contributed by atoms with Crippen LogP contribution >= 0.6 is 7.82 Å². The van der Waals surface area contributed by atoms with Crippen molar-refractivity contribution in [3.05, 3.63) is 0 Å². The molecule has 0 saturated carbocycles. The molecular formula is C50H102NO7P. The maximum Gasteiger partial charge on any atom is 0.306 e. The van der Waals surface area contributed by atoms with Crippen LogP contribution in [-0.4, -0.2) is 70.7 Å². The first kappa shape index (κ1) is 58.5. The Morgan fingerprint density at radius 3 is 1.12 bits per heavy atom. The number of rotatable bonds is 49. The van der Waals surface area contributed by atoms with E-state index in [4.69, 9.17) is 18.5 Å². The number of hydrogen-bond donors (Lipinski definition) is 0. The lowest BCUT2D eigenvalue weighted by Crippen LogP contribution is -2.37. The topological polar surface area (TPSA) is 94.1 Å². The van der Waals surface area contributed by atoms with Gasteiger partial charge in [-0.15, -0.1) is 0 Å². The van der Waals surface area contributed by atoms with Crippen LogP contribution in [0, 0.1) is 0 Å². The molecule has 59 heavy (non-hydrogen) atoms. The summed E-state index contributed by atoms with van der Waals surface area (Å²) in [6.45, 7) is 5.48. The molecule has 0 radical (unpaired) electrons. The molecular weight excluding hydrogens is 758 g/mol. The van der Waals surface area contributed by atoms with Crippen molar-refractivity contribution in [2.45, 2.75) is 264 Å². The maximum absolute atomic E-state index is 12.7. The lowest BCUT2D eigenvalue weighted by molar-refractivity contribution is -0.870. The van der Waals surface area contributed by atoms with Crippen LogP contribution in [0.4, 0.5) is 0 Å². The van der Waals surface area contributed by atoms with E-state index in [1.165, 1.54) is 205 Å². The van der Waals surface area contributed by atoms with E-state index in [0.717, 1.165) is 32.1 Å². The van der Waals surface area contributed by atoms with Crippen molar-refractivity contribution >= 4 is 13.8 Å². The first-order valence-electron chi connectivity index (χ1n) is 25.8. The minimum atomic E-state index is -4.52. The fourth-order valence-corrected chi connectivity index (χ4v) is 8.40. The summed E-state index contributed by atoms with van der Waals surface area (Å²) in [5.74, 6) is -0.328. The lowest BCUT2D eigenvalue weighted by atomic mass is 10.0. The molecule has 0 amide bonds. The molecule has 0 aliphatic heterocycles. The summed E-state index contributed by atoms with van der Waals surface area (Å²) in [4.78, 5) is 25.1. The van der Waals surface area contributed by atoms with E-state index in [0.29, 0.717) is 24.1 Å². The number of carbonyl (C=O) groups is 1. The van der Waals surface area contributed by atoms with Gasteiger partial charge in [-0.1, -0.05) is 239 Å². The average molecular weight is 860 g/mol. The maximum atomic E-state index is 12.7. The van der Waals surface area contributed by atoms with Gasteiger partial charge in [0.25, 0.3) is 7.82 Å². The van der Waals surface area contributed by atoms with Crippen LogP contribution in [0.5, 0.6) is 0 Å². The lowest BCUT2D eigenvalue weighted by Gasteiger charge is -2.28. The summed E-state index contributed by atoms with van der Waals surface area (Å²) in [6.07, 6.45) is 48.5. The van der Waals surface area contributed by atoms with Crippen molar-refractivity contribution in [2.75, 3.05) is 54.1 Å². The number of unbranched alkanes of at least 4 members (excludes halogenated alkanes) is 35. The third kappa shape index (κ3) is 48.4. The number of esters is 1. The molecule has 0 spiro atoms. The Balaban J connectivity index is 3.97. The number of phosphoric acid groups is 1. The molecule has 0 aliphatic carbocycles. The predicted octanol–water partition coefficient (Wildman–Crippen LogP) is 15.0. The average Bonchev–Trinajstić information content (AvgIpc) is 3.19. The molecule has 0 saturated heterocycles. The van der Waals surface area contributed by atoms with Crippen LogP contribution in [0.15, 0.2) is 0 Å². The Labute approximate surface area is 368 Å². The number of quaternary nitrogens is 1. The Bertz CT molecular complexity index is 914. The van der Waals surface area contributed by atoms with E-state index in [-0.39, 0.29) is 25.8 Å². The first-order chi connectivity index (χ1) is 28.6. The van der Waals surface area contributed by atoms with Crippen molar-refractivity contribution in [2.24, 2.45) is 0 Å². The van der Waals surface area contributed by atoms with Crippen molar-refractivity contribution in [1.82, 2.24) is 0 Å². The van der Waals surface area contributed by atoms with Gasteiger partial charge in [-0.25, -0.2) is 0 Å². The third-order valence-electron chi connectivity index (χ3n) is 11.7. The second-order valence-electron chi connectivity index (χ2n) is 18.9. The highest BCUT2D eigenvalue weighted by molar-refractivity contribution is 7.45. The van der Waals surface area contributed by atoms with Gasteiger partial charge in [0.1, 0.15) is 19.3 Å². The second kappa shape index (κ2) is 44.1. The first-order valence-corrected chi connectivity index (χ1v) is 27.2. The summed E-state index contributed by atoms with van der Waals surface area (Å²) in [6, 6.07) is 0. The van der Waals surface area contributed by atoms with E-state index in [9.17, 15) is 14.3 Å². The minimum Gasteiger partial charge on any atom is -0.756 e. The zero-order valence-corrected chi connectivity index (χ0v) is 41.1. The van der Waals surface area contributed by atoms with Gasteiger partial charge in [0.2, 0.25) is 0 Å². The van der Waals surface area contributed by atoms with Gasteiger partial charge in [0.05, 0.1) is 34.4 Å². The summed E-state index contributed by atoms with van der Waals surface area (Å²) < 4.78 is 34.7. The van der Waals surface area contributed by atoms with Crippen molar-refractivity contribution in [3.8, 4) is 0 Å². The quantitative estimate of drug-likeness (QED) is 0.0260. The van der Waals surface area contributed by atoms with Gasteiger partial charge in [-0.3, -0.25) is 9.36 Å². The molecule has 0 aromatic heterocycles. The SMILES string of the molecule is CCCCCCCCCCCCCCCCCCCCCCCCCCCOCC(COP(=O)([O-])OCC[N+](C)(C)C)OC(=O)CCCCCCCCCCCCCC. The third-order valence-corrected chi connectivity index (χ3v) is 12.6. The molecule has 0 fully saturated rings. The predicted molar refractivity (Wildman–Crippen MR) is 250 cm³/mol. The minimum absolute atomic E-state index is 0.0315. The van der Waals surface area contributed by atoms with Crippen molar-refractivity contribution in [1.29, 1.82) is 0 Å². The van der Waals surface area contributed by atoms with E-state index in [1.807, 2.05) is 21.1 Å². The molecule has 2 atom stereocenters. The Morgan fingerprint density at radius 2 is 0.780 bits per heavy atom. The number of likely N-dealkylation sites (N-methyl/N-ethyl adjacent to an activating group) is 1. The highest BCUT2D eigenvalue weighted by atomic mass is 31.2. The normalized spacial score (nSPS) is 13.5. The molecule has 0 aliphatic rings. The summed E-state index contributed by atoms with van der Waals surface area (Å²) in [5, 5.41) is 0. The number of hydrogen-bond acceptors (Lipinski definition) is 7. The van der Waals surface area contributed by atoms with Crippen LogP contribution in [-0.2, 0) is 27.9 Å². The molecule has 0 aromatic rings. The molecule has 0 rings (SSSR count). The second-order valence-corrected chi connectivity index (χ2v) is 20.3. The number of ether oxygens (including phenoxy) is 2. The highest BCUT2D eigenvalue weighted by Gasteiger charge is 2.20. The number of carbonyl (C=O) groups excluding carboxylic acids is 1. The van der Waals surface area contributed by atoms with Crippen LogP contribution in [0.1, 0.15) is 258 Å². The van der Waals surface area contributed by atoms with Crippen LogP contribution < -0.4 is 4.89 Å². The molecule has 0 heterocycles. The Hall–Kier alpha value is -0.500. The Morgan fingerprint density at radius 1 is 0.458 bits per heavy atom. The van der Waals surface area contributed by atoms with E-state index >= 15 is 0 Å². The molecule has 2 unspecified atom stereocenters. The summed E-state index contributed by atoms with van der Waals surface area (Å²) in [5.41, 5.74) is 0. The number of nitrogens with zero attached hydrogens (tertiary/aromatic N) is 1. The largest absolute Gasteiger partial charge is 0.756 e. The van der Waals surface area contributed by atoms with Crippen molar-refractivity contribution in [3.63, 3.8) is 0 Å². The molecule has 9 heteroatoms. The van der Waals surface area contributed by atoms with Gasteiger partial charge >= 0.3 is 5.97 Å². The summed E-state index contributed by atoms with van der Waals surface area (Å²) in [7, 11) is 1.38. The zero-order valence-electron chi connectivity index (χ0n) is 40.2. The molecule has 354 valence electrons. The van der Waals surface area contributed by atoms with Gasteiger partial charge in [0, 0.05) is 13.0 Å². The zero-order chi connectivity index (χ0) is 43.4. The van der Waals surface area contributed by atoms with Crippen LogP contribution in [0.3, 0.4) is 0 Å². The Kier molecular flexibility index (Phi) is 43.7. The molecule has 0 bridgehead atoms. The number of phosphoric ester groups is 1. The molecule has 8 nitrogen and oxygen atoms in total. The van der Waals surface area contributed by atoms with Crippen LogP contribution in [0.25, 0.3) is 0 Å². The van der Waals surface area contributed by atoms with Gasteiger partial charge in [-0.2, -0.15) is 0 Å². The van der Waals surface area contributed by atoms with Gasteiger partial charge < -0.3 is 27.9 Å². The molecule has 0 aromatic carbocycles. The fraction of sp³-hybridized carbons (Fsp3) is 0.980. The van der Waals surface area contributed by atoms with Crippen LogP contribution in [0.2, 0.25) is 0 Å². The van der Waals surface area contributed by atoms with Gasteiger partial charge in [-0.05, 0) is 12.8 Å². The van der Waals surface area contributed by atoms with Crippen molar-refractivity contribution < 1.29 is 37.3 Å². The highest BCUT2D eigenvalue weighted by Crippen LogP contribution is 2.38. The smallest absolute Gasteiger partial charge is 0.306 e. The fourth-order valence-electron chi connectivity index (χ4n) is 7.67. The van der Waals surface area contributed by atoms with E-state index in [1.54, 1.807) is 0 Å². The van der Waals surface area contributed by atoms with E-state index < -0.39 is 13.9 Å². The van der Waals surface area contributed by atoms with E-state index in [2.05, 4.69) is 13.8 Å².